The number of fused-ring (bicyclic) bond motifs is 3. The van der Waals surface area contributed by atoms with Crippen LogP contribution in [0.2, 0.25) is 0 Å². The van der Waals surface area contributed by atoms with Crippen molar-refractivity contribution in [3.05, 3.63) is 65.9 Å². The minimum atomic E-state index is -3.88. The van der Waals surface area contributed by atoms with Crippen LogP contribution in [0.3, 0.4) is 0 Å². The molecule has 3 heterocycles. The highest BCUT2D eigenvalue weighted by Gasteiger charge is 2.27. The van der Waals surface area contributed by atoms with Gasteiger partial charge in [-0.25, -0.2) is 13.4 Å². The number of hydrogen-bond donors (Lipinski definition) is 0. The van der Waals surface area contributed by atoms with Gasteiger partial charge in [0.25, 0.3) is 0 Å². The third kappa shape index (κ3) is 2.62. The first-order chi connectivity index (χ1) is 14.0. The predicted molar refractivity (Wildman–Crippen MR) is 105 cm³/mol. The first kappa shape index (κ1) is 17.5. The summed E-state index contributed by atoms with van der Waals surface area (Å²) < 4.78 is 33.7. The molecule has 0 saturated carbocycles. The zero-order chi connectivity index (χ0) is 20.2. The second kappa shape index (κ2) is 6.21. The molecule has 0 aliphatic carbocycles. The zero-order valence-electron chi connectivity index (χ0n) is 15.6. The Kier molecular flexibility index (Phi) is 3.75. The van der Waals surface area contributed by atoms with E-state index in [0.29, 0.717) is 39.3 Å². The van der Waals surface area contributed by atoms with Crippen LogP contribution in [0.1, 0.15) is 11.3 Å². The number of aromatic nitrogens is 5. The number of para-hydroxylation sites is 1. The highest BCUT2D eigenvalue weighted by atomic mass is 32.2. The third-order valence-corrected chi connectivity index (χ3v) is 6.58. The van der Waals surface area contributed by atoms with Gasteiger partial charge in [-0.3, -0.25) is 0 Å². The Morgan fingerprint density at radius 1 is 1.00 bits per heavy atom. The van der Waals surface area contributed by atoms with Crippen LogP contribution in [0.25, 0.3) is 27.9 Å². The maximum atomic E-state index is 13.5. The summed E-state index contributed by atoms with van der Waals surface area (Å²) in [7, 11) is -3.88. The molecule has 0 fully saturated rings. The lowest BCUT2D eigenvalue weighted by Gasteiger charge is -2.10. The van der Waals surface area contributed by atoms with Crippen LogP contribution in [-0.4, -0.2) is 33.4 Å². The molecule has 144 valence electrons. The van der Waals surface area contributed by atoms with Crippen molar-refractivity contribution in [2.75, 3.05) is 0 Å². The van der Waals surface area contributed by atoms with Crippen LogP contribution in [0.5, 0.6) is 0 Å². The van der Waals surface area contributed by atoms with Gasteiger partial charge in [0.15, 0.2) is 16.4 Å². The number of hydrogen-bond acceptors (Lipinski definition) is 7. The van der Waals surface area contributed by atoms with E-state index in [2.05, 4.69) is 20.5 Å². The van der Waals surface area contributed by atoms with Crippen molar-refractivity contribution in [3.8, 4) is 11.4 Å². The Balaban J connectivity index is 1.89. The Bertz CT molecular complexity index is 1500. The Morgan fingerprint density at radius 3 is 2.52 bits per heavy atom. The molecule has 3 aromatic heterocycles. The molecule has 5 aromatic rings. The fourth-order valence-electron chi connectivity index (χ4n) is 3.35. The molecule has 0 amide bonds. The minimum Gasteiger partial charge on any atom is -0.361 e. The van der Waals surface area contributed by atoms with E-state index in [1.165, 1.54) is 4.52 Å². The first-order valence-electron chi connectivity index (χ1n) is 8.85. The Labute approximate surface area is 165 Å². The fraction of sp³-hybridized carbons (Fsp3) is 0.100. The van der Waals surface area contributed by atoms with E-state index in [0.717, 1.165) is 0 Å². The van der Waals surface area contributed by atoms with Crippen LogP contribution in [0, 0.1) is 13.8 Å². The summed E-state index contributed by atoms with van der Waals surface area (Å²) >= 11 is 0. The van der Waals surface area contributed by atoms with E-state index in [9.17, 15) is 8.42 Å². The second-order valence-corrected chi connectivity index (χ2v) is 8.53. The summed E-state index contributed by atoms with van der Waals surface area (Å²) in [5.74, 6) is 0.606. The predicted octanol–water partition coefficient (Wildman–Crippen LogP) is 3.38. The summed E-state index contributed by atoms with van der Waals surface area (Å²) in [4.78, 5) is 4.72. The molecule has 0 aliphatic heterocycles. The number of benzene rings is 2. The minimum absolute atomic E-state index is 0.0429. The fourth-order valence-corrected chi connectivity index (χ4v) is 4.97. The van der Waals surface area contributed by atoms with E-state index in [-0.39, 0.29) is 9.92 Å². The Morgan fingerprint density at radius 2 is 1.76 bits per heavy atom. The van der Waals surface area contributed by atoms with Crippen molar-refractivity contribution in [1.29, 1.82) is 0 Å². The summed E-state index contributed by atoms with van der Waals surface area (Å²) in [5.41, 5.74) is 2.33. The number of sulfone groups is 1. The first-order valence-corrected chi connectivity index (χ1v) is 10.3. The molecule has 29 heavy (non-hydrogen) atoms. The van der Waals surface area contributed by atoms with Gasteiger partial charge in [0.1, 0.15) is 11.5 Å². The van der Waals surface area contributed by atoms with Crippen molar-refractivity contribution in [3.63, 3.8) is 0 Å². The van der Waals surface area contributed by atoms with Gasteiger partial charge in [-0.05, 0) is 37.6 Å². The molecule has 9 heteroatoms. The molecule has 0 saturated heterocycles. The molecule has 5 rings (SSSR count). The highest BCUT2D eigenvalue weighted by molar-refractivity contribution is 7.91. The molecule has 8 nitrogen and oxygen atoms in total. The smallest absolute Gasteiger partial charge is 0.224 e. The maximum absolute atomic E-state index is 13.5. The van der Waals surface area contributed by atoms with Crippen LogP contribution in [0.4, 0.5) is 0 Å². The van der Waals surface area contributed by atoms with Gasteiger partial charge in [0.05, 0.1) is 10.4 Å². The van der Waals surface area contributed by atoms with Crippen LogP contribution >= 0.6 is 0 Å². The summed E-state index contributed by atoms with van der Waals surface area (Å²) in [6, 6.07) is 15.6. The lowest BCUT2D eigenvalue weighted by atomic mass is 10.2. The summed E-state index contributed by atoms with van der Waals surface area (Å²) in [6.45, 7) is 3.52. The molecule has 0 N–H and O–H groups in total. The van der Waals surface area contributed by atoms with Crippen LogP contribution in [-0.2, 0) is 9.84 Å². The number of nitrogens with zero attached hydrogens (tertiary/aromatic N) is 5. The quantitative estimate of drug-likeness (QED) is 0.424. The highest BCUT2D eigenvalue weighted by Crippen LogP contribution is 2.31. The number of rotatable bonds is 3. The van der Waals surface area contributed by atoms with Gasteiger partial charge < -0.3 is 4.52 Å². The van der Waals surface area contributed by atoms with Crippen molar-refractivity contribution in [1.82, 2.24) is 25.0 Å². The van der Waals surface area contributed by atoms with Gasteiger partial charge in [-0.1, -0.05) is 40.7 Å². The normalized spacial score (nSPS) is 12.1. The molecule has 0 radical (unpaired) electrons. The largest absolute Gasteiger partial charge is 0.361 e. The standard InChI is InChI=1S/C20H15N5O3S/c1-12-7-3-6-10-17(12)29(26,27)20-14-8-4-5-9-16(14)25-19(21-20)18(22-24-25)15-11-13(2)28-23-15/h3-11H,1-2H3. The van der Waals surface area contributed by atoms with Gasteiger partial charge in [-0.15, -0.1) is 5.10 Å². The average Bonchev–Trinajstić information content (AvgIpc) is 3.33. The van der Waals surface area contributed by atoms with E-state index >= 15 is 0 Å². The third-order valence-electron chi connectivity index (χ3n) is 4.72. The molecular weight excluding hydrogens is 390 g/mol. The topological polar surface area (TPSA) is 103 Å². The summed E-state index contributed by atoms with van der Waals surface area (Å²) in [5, 5.41) is 12.7. The van der Waals surface area contributed by atoms with Gasteiger partial charge in [-0.2, -0.15) is 4.52 Å². The van der Waals surface area contributed by atoms with Gasteiger partial charge in [0.2, 0.25) is 9.84 Å². The SMILES string of the molecule is Cc1cc(-c2nnn3c2nc(S(=O)(=O)c2ccccc2C)c2ccccc23)no1. The van der Waals surface area contributed by atoms with Crippen LogP contribution in [0.15, 0.2) is 69.0 Å². The molecule has 0 bridgehead atoms. The summed E-state index contributed by atoms with van der Waals surface area (Å²) in [6.07, 6.45) is 0. The maximum Gasteiger partial charge on any atom is 0.224 e. The van der Waals surface area contributed by atoms with E-state index in [4.69, 9.17) is 4.52 Å². The van der Waals surface area contributed by atoms with Crippen molar-refractivity contribution in [2.45, 2.75) is 23.8 Å². The lowest BCUT2D eigenvalue weighted by Crippen LogP contribution is -2.09. The molecule has 2 aromatic carbocycles. The van der Waals surface area contributed by atoms with Crippen molar-refractivity contribution in [2.24, 2.45) is 0 Å². The van der Waals surface area contributed by atoms with Crippen molar-refractivity contribution >= 4 is 26.4 Å². The number of aryl methyl sites for hydroxylation is 2. The van der Waals surface area contributed by atoms with Crippen LogP contribution < -0.4 is 0 Å². The average molecular weight is 405 g/mol. The van der Waals surface area contributed by atoms with Gasteiger partial charge >= 0.3 is 0 Å². The van der Waals surface area contributed by atoms with Gasteiger partial charge in [0, 0.05) is 11.5 Å². The zero-order valence-corrected chi connectivity index (χ0v) is 16.4. The van der Waals surface area contributed by atoms with E-state index in [1.807, 2.05) is 6.07 Å². The van der Waals surface area contributed by atoms with E-state index < -0.39 is 9.84 Å². The molecule has 0 spiro atoms. The monoisotopic (exact) mass is 405 g/mol. The van der Waals surface area contributed by atoms with Crippen molar-refractivity contribution < 1.29 is 12.9 Å². The van der Waals surface area contributed by atoms with E-state index in [1.54, 1.807) is 62.4 Å². The Hall–Kier alpha value is -3.59. The molecule has 0 aliphatic rings. The molecule has 0 unspecified atom stereocenters. The molecule has 0 atom stereocenters. The molecular formula is C20H15N5O3S. The second-order valence-electron chi connectivity index (χ2n) is 6.70. The lowest BCUT2D eigenvalue weighted by molar-refractivity contribution is 0.399.